The van der Waals surface area contributed by atoms with Crippen molar-refractivity contribution in [1.29, 1.82) is 0 Å². The summed E-state index contributed by atoms with van der Waals surface area (Å²) in [6, 6.07) is 9.79. The Hall–Kier alpha value is -2.43. The van der Waals surface area contributed by atoms with E-state index < -0.39 is 0 Å². The molecule has 2 aromatic heterocycles. The first-order valence-corrected chi connectivity index (χ1v) is 5.25. The summed E-state index contributed by atoms with van der Waals surface area (Å²) in [5.74, 6) is 0.462. The minimum atomic E-state index is -0.326. The fourth-order valence-electron chi connectivity index (χ4n) is 1.86. The lowest BCUT2D eigenvalue weighted by molar-refractivity contribution is 1.05. The summed E-state index contributed by atoms with van der Waals surface area (Å²) in [7, 11) is 0. The topological polar surface area (TPSA) is 74.4 Å². The zero-order chi connectivity index (χ0) is 11.8. The second kappa shape index (κ2) is 3.55. The number of hydrogen-bond donors (Lipinski definition) is 2. The van der Waals surface area contributed by atoms with Crippen molar-refractivity contribution >= 4 is 10.9 Å². The lowest BCUT2D eigenvalue weighted by Gasteiger charge is -2.03. The van der Waals surface area contributed by atoms with Crippen LogP contribution in [0.4, 0.5) is 0 Å². The van der Waals surface area contributed by atoms with E-state index in [2.05, 4.69) is 20.2 Å². The van der Waals surface area contributed by atoms with Crippen LogP contribution in [0, 0.1) is 6.92 Å². The van der Waals surface area contributed by atoms with Crippen LogP contribution >= 0.6 is 0 Å². The lowest BCUT2D eigenvalue weighted by atomic mass is 10.1. The van der Waals surface area contributed by atoms with E-state index in [1.165, 1.54) is 0 Å². The highest BCUT2D eigenvalue weighted by molar-refractivity contribution is 5.84. The van der Waals surface area contributed by atoms with Crippen molar-refractivity contribution in [3.8, 4) is 11.5 Å². The van der Waals surface area contributed by atoms with Crippen molar-refractivity contribution in [3.05, 3.63) is 46.4 Å². The van der Waals surface area contributed by atoms with Gasteiger partial charge in [-0.2, -0.15) is 5.10 Å². The van der Waals surface area contributed by atoms with Crippen LogP contribution in [0.3, 0.4) is 0 Å². The average Bonchev–Trinajstić information content (AvgIpc) is 2.76. The van der Waals surface area contributed by atoms with Gasteiger partial charge in [-0.3, -0.25) is 4.98 Å². The highest BCUT2D eigenvalue weighted by atomic mass is 16.1. The standard InChI is InChI=1S/C12H10N4O/c1-7-6-10(11-14-12(17)16-15-11)13-9-5-3-2-4-8(7)9/h2-6H,1H3,(H2,14,15,16,17). The SMILES string of the molecule is Cc1cc(-c2n[nH]c(=O)[nH]2)nc2ccccc12. The molecule has 0 bridgehead atoms. The molecule has 0 saturated carbocycles. The van der Waals surface area contributed by atoms with Gasteiger partial charge in [0.15, 0.2) is 5.82 Å². The summed E-state index contributed by atoms with van der Waals surface area (Å²) in [4.78, 5) is 18.1. The minimum absolute atomic E-state index is 0.326. The molecule has 84 valence electrons. The molecule has 5 heteroatoms. The smallest absolute Gasteiger partial charge is 0.288 e. The summed E-state index contributed by atoms with van der Waals surface area (Å²) >= 11 is 0. The van der Waals surface area contributed by atoms with Crippen molar-refractivity contribution in [2.24, 2.45) is 0 Å². The quantitative estimate of drug-likeness (QED) is 0.662. The summed E-state index contributed by atoms with van der Waals surface area (Å²) in [5, 5.41) is 7.32. The molecule has 0 saturated heterocycles. The van der Waals surface area contributed by atoms with Crippen molar-refractivity contribution in [2.45, 2.75) is 6.92 Å². The molecule has 0 unspecified atom stereocenters. The average molecular weight is 226 g/mol. The first kappa shape index (κ1) is 9.77. The molecule has 0 aliphatic rings. The van der Waals surface area contributed by atoms with Crippen molar-refractivity contribution in [1.82, 2.24) is 20.2 Å². The van der Waals surface area contributed by atoms with Gasteiger partial charge in [0, 0.05) is 5.39 Å². The first-order valence-electron chi connectivity index (χ1n) is 5.25. The molecular weight excluding hydrogens is 216 g/mol. The fraction of sp³-hybridized carbons (Fsp3) is 0.0833. The number of aromatic nitrogens is 4. The van der Waals surface area contributed by atoms with E-state index in [4.69, 9.17) is 0 Å². The van der Waals surface area contributed by atoms with Gasteiger partial charge in [-0.1, -0.05) is 18.2 Å². The van der Waals surface area contributed by atoms with Crippen LogP contribution in [-0.2, 0) is 0 Å². The molecule has 0 fully saturated rings. The molecule has 0 aliphatic heterocycles. The Labute approximate surface area is 96.5 Å². The molecule has 0 aliphatic carbocycles. The highest BCUT2D eigenvalue weighted by Gasteiger charge is 2.07. The third-order valence-electron chi connectivity index (χ3n) is 2.67. The number of hydrogen-bond acceptors (Lipinski definition) is 3. The Morgan fingerprint density at radius 3 is 2.82 bits per heavy atom. The van der Waals surface area contributed by atoms with Gasteiger partial charge in [0.05, 0.1) is 5.52 Å². The van der Waals surface area contributed by atoms with E-state index in [0.717, 1.165) is 16.5 Å². The number of benzene rings is 1. The van der Waals surface area contributed by atoms with Gasteiger partial charge in [0.1, 0.15) is 5.69 Å². The number of aromatic amines is 2. The molecule has 3 aromatic rings. The minimum Gasteiger partial charge on any atom is -0.288 e. The highest BCUT2D eigenvalue weighted by Crippen LogP contribution is 2.21. The molecule has 5 nitrogen and oxygen atoms in total. The summed E-state index contributed by atoms with van der Waals surface area (Å²) in [6.45, 7) is 2.01. The monoisotopic (exact) mass is 226 g/mol. The number of H-pyrrole nitrogens is 2. The van der Waals surface area contributed by atoms with Crippen molar-refractivity contribution < 1.29 is 0 Å². The van der Waals surface area contributed by atoms with Crippen LogP contribution in [0.5, 0.6) is 0 Å². The maximum absolute atomic E-state index is 11.0. The fourth-order valence-corrected chi connectivity index (χ4v) is 1.86. The second-order valence-electron chi connectivity index (χ2n) is 3.87. The Kier molecular flexibility index (Phi) is 2.04. The number of nitrogens with one attached hydrogen (secondary N) is 2. The van der Waals surface area contributed by atoms with Gasteiger partial charge in [0.25, 0.3) is 0 Å². The molecule has 17 heavy (non-hydrogen) atoms. The Bertz CT molecular complexity index is 741. The largest absolute Gasteiger partial charge is 0.340 e. The number of nitrogens with zero attached hydrogens (tertiary/aromatic N) is 2. The third-order valence-corrected chi connectivity index (χ3v) is 2.67. The van der Waals surface area contributed by atoms with E-state index in [1.807, 2.05) is 37.3 Å². The van der Waals surface area contributed by atoms with Gasteiger partial charge in [-0.15, -0.1) is 0 Å². The molecule has 0 spiro atoms. The van der Waals surface area contributed by atoms with Gasteiger partial charge < -0.3 is 0 Å². The molecule has 0 radical (unpaired) electrons. The lowest BCUT2D eigenvalue weighted by Crippen LogP contribution is -2.00. The summed E-state index contributed by atoms with van der Waals surface area (Å²) in [5.41, 5.74) is 2.34. The third kappa shape index (κ3) is 1.61. The van der Waals surface area contributed by atoms with Crippen molar-refractivity contribution in [2.75, 3.05) is 0 Å². The van der Waals surface area contributed by atoms with E-state index in [1.54, 1.807) is 0 Å². The normalized spacial score (nSPS) is 10.9. The molecule has 3 rings (SSSR count). The predicted molar refractivity (Wildman–Crippen MR) is 64.7 cm³/mol. The van der Waals surface area contributed by atoms with Gasteiger partial charge >= 0.3 is 5.69 Å². The Balaban J connectivity index is 2.28. The number of fused-ring (bicyclic) bond motifs is 1. The maximum atomic E-state index is 11.0. The zero-order valence-electron chi connectivity index (χ0n) is 9.19. The summed E-state index contributed by atoms with van der Waals surface area (Å²) < 4.78 is 0. The van der Waals surface area contributed by atoms with Gasteiger partial charge in [0.2, 0.25) is 0 Å². The van der Waals surface area contributed by atoms with Crippen LogP contribution in [-0.4, -0.2) is 20.2 Å². The van der Waals surface area contributed by atoms with Crippen LogP contribution in [0.1, 0.15) is 5.56 Å². The van der Waals surface area contributed by atoms with E-state index >= 15 is 0 Å². The molecule has 1 aromatic carbocycles. The number of aryl methyl sites for hydroxylation is 1. The Morgan fingerprint density at radius 1 is 1.24 bits per heavy atom. The number of para-hydroxylation sites is 1. The molecule has 0 atom stereocenters. The van der Waals surface area contributed by atoms with Gasteiger partial charge in [-0.05, 0) is 24.6 Å². The summed E-state index contributed by atoms with van der Waals surface area (Å²) in [6.07, 6.45) is 0. The number of rotatable bonds is 1. The van der Waals surface area contributed by atoms with E-state index in [0.29, 0.717) is 11.5 Å². The van der Waals surface area contributed by atoms with Crippen LogP contribution < -0.4 is 5.69 Å². The van der Waals surface area contributed by atoms with Crippen LogP contribution in [0.15, 0.2) is 35.1 Å². The first-order chi connectivity index (χ1) is 8.24. The van der Waals surface area contributed by atoms with Gasteiger partial charge in [-0.25, -0.2) is 14.9 Å². The zero-order valence-corrected chi connectivity index (χ0v) is 9.19. The second-order valence-corrected chi connectivity index (χ2v) is 3.87. The molecule has 2 N–H and O–H groups in total. The Morgan fingerprint density at radius 2 is 2.06 bits per heavy atom. The van der Waals surface area contributed by atoms with Crippen molar-refractivity contribution in [3.63, 3.8) is 0 Å². The van der Waals surface area contributed by atoms with Crippen LogP contribution in [0.2, 0.25) is 0 Å². The van der Waals surface area contributed by atoms with Crippen LogP contribution in [0.25, 0.3) is 22.4 Å². The molecule has 0 amide bonds. The molecule has 2 heterocycles. The van der Waals surface area contributed by atoms with E-state index in [-0.39, 0.29) is 5.69 Å². The predicted octanol–water partition coefficient (Wildman–Crippen LogP) is 1.62. The van der Waals surface area contributed by atoms with E-state index in [9.17, 15) is 4.79 Å². The number of pyridine rings is 1. The molecular formula is C12H10N4O. The maximum Gasteiger partial charge on any atom is 0.340 e.